The Morgan fingerprint density at radius 2 is 1.80 bits per heavy atom. The van der Waals surface area contributed by atoms with Gasteiger partial charge in [-0.1, -0.05) is 44.2 Å². The van der Waals surface area contributed by atoms with E-state index in [1.54, 1.807) is 32.2 Å². The molecule has 1 heterocycles. The maximum Gasteiger partial charge on any atom is 0.245 e. The minimum atomic E-state index is -0.797. The molecule has 0 aromatic heterocycles. The van der Waals surface area contributed by atoms with Crippen molar-refractivity contribution in [3.8, 4) is 0 Å². The lowest BCUT2D eigenvalue weighted by molar-refractivity contribution is -0.144. The fourth-order valence-corrected chi connectivity index (χ4v) is 3.20. The first-order valence-corrected chi connectivity index (χ1v) is 10.3. The van der Waals surface area contributed by atoms with Gasteiger partial charge in [0.1, 0.15) is 18.1 Å². The maximum absolute atomic E-state index is 13.1. The SMILES string of the molecule is CC=CC=CC=CC(=O)NC1CCCNC(=O)C(C)NC(=O)C(C(C)C)N(C)C1=O. The van der Waals surface area contributed by atoms with Gasteiger partial charge in [-0.05, 0) is 32.6 Å². The lowest BCUT2D eigenvalue weighted by atomic mass is 9.99. The number of amides is 4. The molecule has 3 atom stereocenters. The highest BCUT2D eigenvalue weighted by atomic mass is 16.2. The Morgan fingerprint density at radius 1 is 1.13 bits per heavy atom. The molecule has 0 aromatic carbocycles. The second-order valence-corrected chi connectivity index (χ2v) is 7.63. The zero-order valence-corrected chi connectivity index (χ0v) is 18.5. The van der Waals surface area contributed by atoms with Gasteiger partial charge in [0.25, 0.3) is 0 Å². The second-order valence-electron chi connectivity index (χ2n) is 7.63. The standard InChI is InChI=1S/C22H34N4O4/c1-6-7-8-9-10-13-18(27)25-17-12-11-14-23-20(28)16(4)24-21(29)19(15(2)3)26(5)22(17)30/h6-10,13,15-17,19H,11-12,14H2,1-5H3,(H,23,28)(H,24,29)(H,25,27). The van der Waals surface area contributed by atoms with Crippen LogP contribution in [0.15, 0.2) is 36.5 Å². The van der Waals surface area contributed by atoms with E-state index in [2.05, 4.69) is 16.0 Å². The topological polar surface area (TPSA) is 108 Å². The van der Waals surface area contributed by atoms with Gasteiger partial charge in [-0.3, -0.25) is 19.2 Å². The summed E-state index contributed by atoms with van der Waals surface area (Å²) in [5.41, 5.74) is 0. The molecule has 0 saturated carbocycles. The number of hydrogen-bond acceptors (Lipinski definition) is 4. The van der Waals surface area contributed by atoms with Crippen molar-refractivity contribution in [3.63, 3.8) is 0 Å². The summed E-state index contributed by atoms with van der Waals surface area (Å²) in [7, 11) is 1.55. The quantitative estimate of drug-likeness (QED) is 0.458. The van der Waals surface area contributed by atoms with E-state index in [0.29, 0.717) is 19.4 Å². The predicted octanol–water partition coefficient (Wildman–Crippen LogP) is 1.06. The third-order valence-electron chi connectivity index (χ3n) is 4.77. The molecule has 1 fully saturated rings. The summed E-state index contributed by atoms with van der Waals surface area (Å²) in [5.74, 6) is -1.60. The molecule has 0 bridgehead atoms. The highest BCUT2D eigenvalue weighted by molar-refractivity contribution is 5.96. The summed E-state index contributed by atoms with van der Waals surface area (Å²) in [6.07, 6.45) is 11.0. The summed E-state index contributed by atoms with van der Waals surface area (Å²) >= 11 is 0. The molecule has 30 heavy (non-hydrogen) atoms. The van der Waals surface area contributed by atoms with E-state index in [0.717, 1.165) is 0 Å². The average Bonchev–Trinajstić information content (AvgIpc) is 2.68. The number of rotatable bonds is 5. The van der Waals surface area contributed by atoms with E-state index in [1.807, 2.05) is 32.9 Å². The van der Waals surface area contributed by atoms with Gasteiger partial charge < -0.3 is 20.9 Å². The maximum atomic E-state index is 13.1. The van der Waals surface area contributed by atoms with E-state index in [9.17, 15) is 19.2 Å². The molecule has 3 N–H and O–H groups in total. The first kappa shape index (κ1) is 25.1. The van der Waals surface area contributed by atoms with Crippen molar-refractivity contribution in [3.05, 3.63) is 36.5 Å². The Morgan fingerprint density at radius 3 is 2.43 bits per heavy atom. The molecule has 8 nitrogen and oxygen atoms in total. The summed E-state index contributed by atoms with van der Waals surface area (Å²) in [5, 5.41) is 8.14. The third-order valence-corrected chi connectivity index (χ3v) is 4.77. The monoisotopic (exact) mass is 418 g/mol. The number of likely N-dealkylation sites (N-methyl/N-ethyl adjacent to an activating group) is 1. The van der Waals surface area contributed by atoms with Crippen LogP contribution in [0, 0.1) is 5.92 Å². The fourth-order valence-electron chi connectivity index (χ4n) is 3.20. The lowest BCUT2D eigenvalue weighted by Gasteiger charge is -2.34. The second kappa shape index (κ2) is 12.6. The van der Waals surface area contributed by atoms with E-state index in [-0.39, 0.29) is 17.7 Å². The van der Waals surface area contributed by atoms with Crippen molar-refractivity contribution < 1.29 is 19.2 Å². The lowest BCUT2D eigenvalue weighted by Crippen LogP contribution is -2.58. The summed E-state index contributed by atoms with van der Waals surface area (Å²) < 4.78 is 0. The van der Waals surface area contributed by atoms with Crippen molar-refractivity contribution >= 4 is 23.6 Å². The van der Waals surface area contributed by atoms with Crippen LogP contribution in [-0.4, -0.2) is 60.2 Å². The van der Waals surface area contributed by atoms with Crippen LogP contribution < -0.4 is 16.0 Å². The molecule has 3 unspecified atom stereocenters. The van der Waals surface area contributed by atoms with Crippen LogP contribution in [0.2, 0.25) is 0 Å². The Hall–Kier alpha value is -2.90. The zero-order valence-electron chi connectivity index (χ0n) is 18.5. The van der Waals surface area contributed by atoms with Gasteiger partial charge in [-0.15, -0.1) is 0 Å². The molecule has 1 rings (SSSR count). The first-order valence-electron chi connectivity index (χ1n) is 10.3. The molecule has 1 aliphatic heterocycles. The van der Waals surface area contributed by atoms with Crippen LogP contribution >= 0.6 is 0 Å². The van der Waals surface area contributed by atoms with Crippen molar-refractivity contribution in [1.82, 2.24) is 20.9 Å². The van der Waals surface area contributed by atoms with Crippen LogP contribution in [0.1, 0.15) is 40.5 Å². The third kappa shape index (κ3) is 7.85. The van der Waals surface area contributed by atoms with Crippen LogP contribution in [0.4, 0.5) is 0 Å². The number of carbonyl (C=O) groups is 4. The number of nitrogens with one attached hydrogen (secondary N) is 3. The molecular formula is C22H34N4O4. The van der Waals surface area contributed by atoms with Crippen LogP contribution in [0.25, 0.3) is 0 Å². The zero-order chi connectivity index (χ0) is 22.7. The Balaban J connectivity index is 3.03. The van der Waals surface area contributed by atoms with E-state index >= 15 is 0 Å². The first-order chi connectivity index (χ1) is 14.2. The molecule has 4 amide bonds. The number of nitrogens with zero attached hydrogens (tertiary/aromatic N) is 1. The highest BCUT2D eigenvalue weighted by Gasteiger charge is 2.35. The van der Waals surface area contributed by atoms with Crippen LogP contribution in [0.5, 0.6) is 0 Å². The number of carbonyl (C=O) groups excluding carboxylic acids is 4. The van der Waals surface area contributed by atoms with Crippen molar-refractivity contribution in [2.45, 2.75) is 58.7 Å². The van der Waals surface area contributed by atoms with Gasteiger partial charge in [0.05, 0.1) is 0 Å². The van der Waals surface area contributed by atoms with E-state index in [1.165, 1.54) is 11.0 Å². The molecule has 8 heteroatoms. The summed E-state index contributed by atoms with van der Waals surface area (Å²) in [6.45, 7) is 7.51. The van der Waals surface area contributed by atoms with Gasteiger partial charge in [0.2, 0.25) is 23.6 Å². The summed E-state index contributed by atoms with van der Waals surface area (Å²) in [4.78, 5) is 51.7. The van der Waals surface area contributed by atoms with Crippen molar-refractivity contribution in [1.29, 1.82) is 0 Å². The van der Waals surface area contributed by atoms with Crippen LogP contribution in [-0.2, 0) is 19.2 Å². The van der Waals surface area contributed by atoms with Gasteiger partial charge in [-0.25, -0.2) is 0 Å². The Kier molecular flexibility index (Phi) is 10.6. The van der Waals surface area contributed by atoms with Crippen LogP contribution in [0.3, 0.4) is 0 Å². The Bertz CT molecular complexity index is 712. The molecule has 1 aliphatic rings. The largest absolute Gasteiger partial charge is 0.354 e. The highest BCUT2D eigenvalue weighted by Crippen LogP contribution is 2.14. The molecule has 1 saturated heterocycles. The van der Waals surface area contributed by atoms with Gasteiger partial charge >= 0.3 is 0 Å². The molecule has 0 aliphatic carbocycles. The Labute approximate surface area is 178 Å². The van der Waals surface area contributed by atoms with Crippen molar-refractivity contribution in [2.75, 3.05) is 13.6 Å². The van der Waals surface area contributed by atoms with Gasteiger partial charge in [0.15, 0.2) is 0 Å². The summed E-state index contributed by atoms with van der Waals surface area (Å²) in [6, 6.07) is -2.25. The van der Waals surface area contributed by atoms with Gasteiger partial charge in [0, 0.05) is 19.7 Å². The minimum Gasteiger partial charge on any atom is -0.354 e. The average molecular weight is 419 g/mol. The molecule has 0 spiro atoms. The van der Waals surface area contributed by atoms with Gasteiger partial charge in [-0.2, -0.15) is 0 Å². The fraction of sp³-hybridized carbons (Fsp3) is 0.545. The number of hydrogen-bond donors (Lipinski definition) is 3. The minimum absolute atomic E-state index is 0.176. The molecular weight excluding hydrogens is 384 g/mol. The van der Waals surface area contributed by atoms with E-state index in [4.69, 9.17) is 0 Å². The molecule has 166 valence electrons. The normalized spacial score (nSPS) is 24.8. The predicted molar refractivity (Wildman–Crippen MR) is 116 cm³/mol. The molecule has 0 radical (unpaired) electrons. The van der Waals surface area contributed by atoms with Crippen molar-refractivity contribution in [2.24, 2.45) is 5.92 Å². The van der Waals surface area contributed by atoms with E-state index < -0.39 is 29.9 Å². The number of allylic oxidation sites excluding steroid dienone is 5. The molecule has 0 aromatic rings. The smallest absolute Gasteiger partial charge is 0.245 e.